The van der Waals surface area contributed by atoms with Crippen molar-refractivity contribution in [3.05, 3.63) is 0 Å². The number of carbonyl (C=O) groups is 1. The molecule has 2 rings (SSSR count). The Hall–Kier alpha value is -0.620. The topological polar surface area (TPSA) is 83.5 Å². The molecule has 0 aromatic rings. The van der Waals surface area contributed by atoms with Crippen molar-refractivity contribution in [1.29, 1.82) is 0 Å². The summed E-state index contributed by atoms with van der Waals surface area (Å²) in [6.07, 6.45) is 0.971. The maximum absolute atomic E-state index is 11.3. The quantitative estimate of drug-likeness (QED) is 0.637. The molecule has 1 atom stereocenters. The van der Waals surface area contributed by atoms with Gasteiger partial charge in [0.1, 0.15) is 9.84 Å². The van der Waals surface area contributed by atoms with E-state index >= 15 is 0 Å². The molecule has 2 aliphatic rings. The van der Waals surface area contributed by atoms with E-state index in [1.54, 1.807) is 0 Å². The minimum Gasteiger partial charge on any atom is -0.481 e. The van der Waals surface area contributed by atoms with Gasteiger partial charge >= 0.3 is 5.97 Å². The lowest BCUT2D eigenvalue weighted by molar-refractivity contribution is -0.144. The Morgan fingerprint density at radius 3 is 2.47 bits per heavy atom. The van der Waals surface area contributed by atoms with E-state index in [-0.39, 0.29) is 16.9 Å². The zero-order chi connectivity index (χ0) is 11.1. The summed E-state index contributed by atoms with van der Waals surface area (Å²) >= 11 is 0. The second kappa shape index (κ2) is 3.45. The summed E-state index contributed by atoms with van der Waals surface area (Å²) < 4.78 is 22.6. The van der Waals surface area contributed by atoms with Crippen LogP contribution in [0.3, 0.4) is 0 Å². The molecule has 1 spiro atoms. The van der Waals surface area contributed by atoms with E-state index in [0.29, 0.717) is 25.9 Å². The number of carboxylic acids is 1. The first-order chi connectivity index (χ1) is 6.95. The zero-order valence-electron chi connectivity index (χ0n) is 8.40. The van der Waals surface area contributed by atoms with E-state index in [0.717, 1.165) is 0 Å². The van der Waals surface area contributed by atoms with Crippen molar-refractivity contribution in [1.82, 2.24) is 5.32 Å². The first kappa shape index (κ1) is 10.9. The van der Waals surface area contributed by atoms with E-state index in [1.165, 1.54) is 0 Å². The number of sulfone groups is 1. The van der Waals surface area contributed by atoms with Crippen molar-refractivity contribution in [3.8, 4) is 0 Å². The zero-order valence-corrected chi connectivity index (χ0v) is 9.22. The van der Waals surface area contributed by atoms with Crippen LogP contribution in [0.2, 0.25) is 0 Å². The standard InChI is InChI=1S/C9H15NO4S/c11-8(12)7-5-10-6-9(7)1-3-15(13,14)4-2-9/h7,10H,1-6H2,(H,11,12). The monoisotopic (exact) mass is 233 g/mol. The van der Waals surface area contributed by atoms with Gasteiger partial charge in [-0.15, -0.1) is 0 Å². The SMILES string of the molecule is O=C(O)C1CNCC12CCS(=O)(=O)CC2. The Bertz CT molecular complexity index is 362. The van der Waals surface area contributed by atoms with Gasteiger partial charge in [0.25, 0.3) is 0 Å². The molecule has 2 fully saturated rings. The smallest absolute Gasteiger partial charge is 0.308 e. The maximum Gasteiger partial charge on any atom is 0.308 e. The molecule has 2 N–H and O–H groups in total. The molecule has 5 nitrogen and oxygen atoms in total. The fraction of sp³-hybridized carbons (Fsp3) is 0.889. The molecule has 6 heteroatoms. The Labute approximate surface area is 88.8 Å². The van der Waals surface area contributed by atoms with Gasteiger partial charge < -0.3 is 10.4 Å². The van der Waals surface area contributed by atoms with Gasteiger partial charge in [-0.3, -0.25) is 4.79 Å². The summed E-state index contributed by atoms with van der Waals surface area (Å²) in [5.41, 5.74) is -0.322. The average molecular weight is 233 g/mol. The minimum atomic E-state index is -2.92. The van der Waals surface area contributed by atoms with Gasteiger partial charge in [0.2, 0.25) is 0 Å². The Morgan fingerprint density at radius 2 is 1.93 bits per heavy atom. The Kier molecular flexibility index (Phi) is 2.50. The normalized spacial score (nSPS) is 32.9. The van der Waals surface area contributed by atoms with Crippen LogP contribution < -0.4 is 5.32 Å². The molecule has 15 heavy (non-hydrogen) atoms. The van der Waals surface area contributed by atoms with Gasteiger partial charge in [-0.1, -0.05) is 0 Å². The van der Waals surface area contributed by atoms with Crippen molar-refractivity contribution in [2.45, 2.75) is 12.8 Å². The van der Waals surface area contributed by atoms with Crippen LogP contribution in [0.15, 0.2) is 0 Å². The van der Waals surface area contributed by atoms with Gasteiger partial charge in [-0.05, 0) is 18.3 Å². The lowest BCUT2D eigenvalue weighted by atomic mass is 9.73. The van der Waals surface area contributed by atoms with Crippen LogP contribution in [0.4, 0.5) is 0 Å². The maximum atomic E-state index is 11.3. The predicted molar refractivity (Wildman–Crippen MR) is 54.3 cm³/mol. The van der Waals surface area contributed by atoms with Gasteiger partial charge in [0.05, 0.1) is 17.4 Å². The first-order valence-corrected chi connectivity index (χ1v) is 6.91. The van der Waals surface area contributed by atoms with Crippen LogP contribution >= 0.6 is 0 Å². The third kappa shape index (κ3) is 1.88. The van der Waals surface area contributed by atoms with Crippen molar-refractivity contribution >= 4 is 15.8 Å². The molecule has 0 radical (unpaired) electrons. The highest BCUT2D eigenvalue weighted by Crippen LogP contribution is 2.42. The third-order valence-electron chi connectivity index (χ3n) is 3.68. The molecule has 2 heterocycles. The Morgan fingerprint density at radius 1 is 1.33 bits per heavy atom. The van der Waals surface area contributed by atoms with Crippen molar-refractivity contribution in [3.63, 3.8) is 0 Å². The summed E-state index contributed by atoms with van der Waals surface area (Å²) in [7, 11) is -2.92. The molecular formula is C9H15NO4S. The minimum absolute atomic E-state index is 0.137. The van der Waals surface area contributed by atoms with Crippen LogP contribution in [0, 0.1) is 11.3 Å². The molecule has 2 saturated heterocycles. The molecule has 0 aliphatic carbocycles. The Balaban J connectivity index is 2.18. The molecule has 0 amide bonds. The van der Waals surface area contributed by atoms with Crippen molar-refractivity contribution < 1.29 is 18.3 Å². The highest BCUT2D eigenvalue weighted by Gasteiger charge is 2.49. The molecule has 1 unspecified atom stereocenters. The molecular weight excluding hydrogens is 218 g/mol. The van der Waals surface area contributed by atoms with E-state index in [2.05, 4.69) is 5.32 Å². The molecule has 0 saturated carbocycles. The van der Waals surface area contributed by atoms with E-state index in [4.69, 9.17) is 5.11 Å². The number of nitrogens with one attached hydrogen (secondary N) is 1. The van der Waals surface area contributed by atoms with Crippen LogP contribution in [0.1, 0.15) is 12.8 Å². The van der Waals surface area contributed by atoms with E-state index in [1.807, 2.05) is 0 Å². The van der Waals surface area contributed by atoms with Crippen molar-refractivity contribution in [2.24, 2.45) is 11.3 Å². The second-order valence-corrected chi connectivity index (χ2v) is 6.84. The lowest BCUT2D eigenvalue weighted by Crippen LogP contribution is -2.42. The summed E-state index contributed by atoms with van der Waals surface area (Å²) in [6.45, 7) is 1.11. The van der Waals surface area contributed by atoms with E-state index in [9.17, 15) is 13.2 Å². The number of carboxylic acid groups (broad SMARTS) is 1. The summed E-state index contributed by atoms with van der Waals surface area (Å²) in [5, 5.41) is 12.1. The van der Waals surface area contributed by atoms with Crippen LogP contribution in [0.5, 0.6) is 0 Å². The summed E-state index contributed by atoms with van der Waals surface area (Å²) in [4.78, 5) is 11.0. The lowest BCUT2D eigenvalue weighted by Gasteiger charge is -2.35. The largest absolute Gasteiger partial charge is 0.481 e. The highest BCUT2D eigenvalue weighted by molar-refractivity contribution is 7.91. The van der Waals surface area contributed by atoms with E-state index < -0.39 is 21.7 Å². The molecule has 86 valence electrons. The number of aliphatic carboxylic acids is 1. The number of hydrogen-bond acceptors (Lipinski definition) is 4. The van der Waals surface area contributed by atoms with Crippen LogP contribution in [0.25, 0.3) is 0 Å². The average Bonchev–Trinajstić information content (AvgIpc) is 2.55. The highest BCUT2D eigenvalue weighted by atomic mass is 32.2. The predicted octanol–water partition coefficient (Wildman–Crippen LogP) is -0.515. The number of rotatable bonds is 1. The molecule has 0 aromatic carbocycles. The van der Waals surface area contributed by atoms with Gasteiger partial charge in [-0.2, -0.15) is 0 Å². The second-order valence-electron chi connectivity index (χ2n) is 4.54. The first-order valence-electron chi connectivity index (χ1n) is 5.09. The molecule has 0 aromatic heterocycles. The van der Waals surface area contributed by atoms with Crippen LogP contribution in [-0.2, 0) is 14.6 Å². The van der Waals surface area contributed by atoms with Gasteiger partial charge in [-0.25, -0.2) is 8.42 Å². The summed E-state index contributed by atoms with van der Waals surface area (Å²) in [5.74, 6) is -0.955. The van der Waals surface area contributed by atoms with Gasteiger partial charge in [0, 0.05) is 13.1 Å². The third-order valence-corrected chi connectivity index (χ3v) is 5.34. The fourth-order valence-corrected chi connectivity index (χ4v) is 4.26. The summed E-state index contributed by atoms with van der Waals surface area (Å²) in [6, 6.07) is 0. The van der Waals surface area contributed by atoms with Crippen molar-refractivity contribution in [2.75, 3.05) is 24.6 Å². The van der Waals surface area contributed by atoms with Crippen LogP contribution in [-0.4, -0.2) is 44.1 Å². The van der Waals surface area contributed by atoms with Gasteiger partial charge in [0.15, 0.2) is 0 Å². The fourth-order valence-electron chi connectivity index (χ4n) is 2.62. The molecule has 2 aliphatic heterocycles. The number of hydrogen-bond donors (Lipinski definition) is 2. The molecule has 0 bridgehead atoms.